The third kappa shape index (κ3) is 2.25. The second kappa shape index (κ2) is 5.12. The predicted molar refractivity (Wildman–Crippen MR) is 69.8 cm³/mol. The zero-order chi connectivity index (χ0) is 14.9. The third-order valence-corrected chi connectivity index (χ3v) is 2.74. The van der Waals surface area contributed by atoms with Crippen molar-refractivity contribution in [2.75, 3.05) is 6.61 Å². The van der Waals surface area contributed by atoms with Crippen LogP contribution in [-0.2, 0) is 4.74 Å². The highest BCUT2D eigenvalue weighted by Crippen LogP contribution is 2.21. The maximum atomic E-state index is 12.3. The average molecular weight is 277 g/mol. The second-order valence-corrected chi connectivity index (χ2v) is 4.02. The molecule has 1 heterocycles. The molecule has 7 nitrogen and oxygen atoms in total. The lowest BCUT2D eigenvalue weighted by Gasteiger charge is -2.05. The van der Waals surface area contributed by atoms with Crippen molar-refractivity contribution in [2.45, 2.75) is 13.8 Å². The number of ether oxygens (including phenoxy) is 1. The fourth-order valence-electron chi connectivity index (χ4n) is 1.85. The molecule has 104 valence electrons. The number of hydrogen-bond donors (Lipinski definition) is 0. The summed E-state index contributed by atoms with van der Waals surface area (Å²) < 4.78 is 10.1. The first-order valence-corrected chi connectivity index (χ1v) is 5.84. The van der Waals surface area contributed by atoms with Gasteiger partial charge in [0.1, 0.15) is 16.9 Å². The molecule has 0 radical (unpaired) electrons. The standard InChI is InChI=1S/C13H11NO6/c1-3-19-13(16)11-7(2)20-10-5-4-8(14(17)18)6-9(10)12(11)15/h4-6H,3H2,1-2H3. The summed E-state index contributed by atoms with van der Waals surface area (Å²) in [5.74, 6) is -0.679. The number of esters is 1. The Morgan fingerprint density at radius 1 is 1.45 bits per heavy atom. The van der Waals surface area contributed by atoms with Crippen LogP contribution in [0, 0.1) is 17.0 Å². The molecular weight excluding hydrogens is 266 g/mol. The topological polar surface area (TPSA) is 99.7 Å². The minimum Gasteiger partial charge on any atom is -0.462 e. The number of nitrogens with zero attached hydrogens (tertiary/aromatic N) is 1. The maximum absolute atomic E-state index is 12.3. The summed E-state index contributed by atoms with van der Waals surface area (Å²) in [6.45, 7) is 3.19. The molecule has 2 aromatic rings. The number of aryl methyl sites for hydroxylation is 1. The molecule has 0 aliphatic rings. The van der Waals surface area contributed by atoms with E-state index in [9.17, 15) is 19.7 Å². The highest BCUT2D eigenvalue weighted by molar-refractivity contribution is 5.94. The van der Waals surface area contributed by atoms with Gasteiger partial charge in [0, 0.05) is 12.1 Å². The van der Waals surface area contributed by atoms with Crippen molar-refractivity contribution >= 4 is 22.6 Å². The fraction of sp³-hybridized carbons (Fsp3) is 0.231. The summed E-state index contributed by atoms with van der Waals surface area (Å²) in [6, 6.07) is 3.65. The molecule has 0 N–H and O–H groups in total. The Morgan fingerprint density at radius 3 is 2.75 bits per heavy atom. The van der Waals surface area contributed by atoms with Crippen LogP contribution in [0.2, 0.25) is 0 Å². The number of hydrogen-bond acceptors (Lipinski definition) is 6. The molecule has 0 aliphatic heterocycles. The molecule has 1 aromatic carbocycles. The van der Waals surface area contributed by atoms with Crippen LogP contribution in [0.3, 0.4) is 0 Å². The molecule has 0 saturated heterocycles. The number of carbonyl (C=O) groups is 1. The second-order valence-electron chi connectivity index (χ2n) is 4.02. The van der Waals surface area contributed by atoms with Gasteiger partial charge in [-0.25, -0.2) is 4.79 Å². The van der Waals surface area contributed by atoms with Gasteiger partial charge in [0.25, 0.3) is 5.69 Å². The van der Waals surface area contributed by atoms with Crippen LogP contribution >= 0.6 is 0 Å². The van der Waals surface area contributed by atoms with Crippen LogP contribution in [0.5, 0.6) is 0 Å². The summed E-state index contributed by atoms with van der Waals surface area (Å²) in [7, 11) is 0. The van der Waals surface area contributed by atoms with E-state index in [1.165, 1.54) is 19.1 Å². The van der Waals surface area contributed by atoms with E-state index in [0.29, 0.717) is 0 Å². The molecule has 1 aromatic heterocycles. The Kier molecular flexibility index (Phi) is 3.51. The maximum Gasteiger partial charge on any atom is 0.345 e. The number of carbonyl (C=O) groups excluding carboxylic acids is 1. The fourth-order valence-corrected chi connectivity index (χ4v) is 1.85. The van der Waals surface area contributed by atoms with E-state index in [1.54, 1.807) is 6.92 Å². The smallest absolute Gasteiger partial charge is 0.345 e. The van der Waals surface area contributed by atoms with Crippen molar-refractivity contribution in [1.82, 2.24) is 0 Å². The Hall–Kier alpha value is -2.70. The number of rotatable bonds is 3. The van der Waals surface area contributed by atoms with Crippen molar-refractivity contribution < 1.29 is 18.9 Å². The number of fused-ring (bicyclic) bond motifs is 1. The molecule has 0 unspecified atom stereocenters. The summed E-state index contributed by atoms with van der Waals surface area (Å²) in [5, 5.41) is 10.7. The third-order valence-electron chi connectivity index (χ3n) is 2.74. The molecule has 7 heteroatoms. The zero-order valence-corrected chi connectivity index (χ0v) is 10.8. The van der Waals surface area contributed by atoms with Crippen LogP contribution in [0.25, 0.3) is 11.0 Å². The quantitative estimate of drug-likeness (QED) is 0.484. The monoisotopic (exact) mass is 277 g/mol. The van der Waals surface area contributed by atoms with Crippen molar-refractivity contribution in [3.63, 3.8) is 0 Å². The minimum absolute atomic E-state index is 0.0205. The molecule has 0 bridgehead atoms. The molecule has 0 spiro atoms. The van der Waals surface area contributed by atoms with Crippen LogP contribution < -0.4 is 5.43 Å². The largest absolute Gasteiger partial charge is 0.462 e. The van der Waals surface area contributed by atoms with E-state index < -0.39 is 16.3 Å². The van der Waals surface area contributed by atoms with Crippen LogP contribution in [0.4, 0.5) is 5.69 Å². The van der Waals surface area contributed by atoms with Gasteiger partial charge in [0.15, 0.2) is 0 Å². The van der Waals surface area contributed by atoms with Gasteiger partial charge >= 0.3 is 5.97 Å². The van der Waals surface area contributed by atoms with Crippen molar-refractivity contribution in [3.05, 3.63) is 49.9 Å². The van der Waals surface area contributed by atoms with Crippen molar-refractivity contribution in [3.8, 4) is 0 Å². The normalized spacial score (nSPS) is 10.5. The summed E-state index contributed by atoms with van der Waals surface area (Å²) >= 11 is 0. The van der Waals surface area contributed by atoms with E-state index in [1.807, 2.05) is 0 Å². The molecule has 20 heavy (non-hydrogen) atoms. The van der Waals surface area contributed by atoms with E-state index in [-0.39, 0.29) is 34.6 Å². The zero-order valence-electron chi connectivity index (χ0n) is 10.8. The predicted octanol–water partition coefficient (Wildman–Crippen LogP) is 2.19. The lowest BCUT2D eigenvalue weighted by atomic mass is 10.1. The number of nitro groups is 1. The average Bonchev–Trinajstić information content (AvgIpc) is 2.38. The first-order chi connectivity index (χ1) is 9.45. The highest BCUT2D eigenvalue weighted by atomic mass is 16.6. The van der Waals surface area contributed by atoms with Crippen LogP contribution in [-0.4, -0.2) is 17.5 Å². The summed E-state index contributed by atoms with van der Waals surface area (Å²) in [4.78, 5) is 34.1. The molecule has 0 amide bonds. The van der Waals surface area contributed by atoms with Crippen molar-refractivity contribution in [2.24, 2.45) is 0 Å². The van der Waals surface area contributed by atoms with Gasteiger partial charge in [0.05, 0.1) is 16.9 Å². The summed E-state index contributed by atoms with van der Waals surface area (Å²) in [6.07, 6.45) is 0. The van der Waals surface area contributed by atoms with Gasteiger partial charge in [-0.1, -0.05) is 0 Å². The Balaban J connectivity index is 2.75. The molecule has 0 fully saturated rings. The Labute approximate surface area is 112 Å². The molecule has 0 aliphatic carbocycles. The lowest BCUT2D eigenvalue weighted by molar-refractivity contribution is -0.384. The molecule has 2 rings (SSSR count). The van der Waals surface area contributed by atoms with Gasteiger partial charge in [0.2, 0.25) is 5.43 Å². The minimum atomic E-state index is -0.799. The van der Waals surface area contributed by atoms with Gasteiger partial charge in [-0.05, 0) is 19.9 Å². The molecule has 0 saturated carbocycles. The first-order valence-electron chi connectivity index (χ1n) is 5.84. The van der Waals surface area contributed by atoms with E-state index in [0.717, 1.165) is 6.07 Å². The van der Waals surface area contributed by atoms with E-state index in [4.69, 9.17) is 9.15 Å². The van der Waals surface area contributed by atoms with Crippen LogP contribution in [0.1, 0.15) is 23.0 Å². The number of non-ortho nitro benzene ring substituents is 1. The Morgan fingerprint density at radius 2 is 2.15 bits per heavy atom. The SMILES string of the molecule is CCOC(=O)c1c(C)oc2ccc([N+](=O)[O-])cc2c1=O. The lowest BCUT2D eigenvalue weighted by Crippen LogP contribution is -2.19. The molecule has 0 atom stereocenters. The summed E-state index contributed by atoms with van der Waals surface area (Å²) in [5.41, 5.74) is -0.930. The molecular formula is C13H11NO6. The highest BCUT2D eigenvalue weighted by Gasteiger charge is 2.21. The van der Waals surface area contributed by atoms with Gasteiger partial charge < -0.3 is 9.15 Å². The van der Waals surface area contributed by atoms with Gasteiger partial charge in [-0.2, -0.15) is 0 Å². The van der Waals surface area contributed by atoms with E-state index >= 15 is 0 Å². The first kappa shape index (κ1) is 13.7. The van der Waals surface area contributed by atoms with Gasteiger partial charge in [-0.3, -0.25) is 14.9 Å². The van der Waals surface area contributed by atoms with Crippen molar-refractivity contribution in [1.29, 1.82) is 0 Å². The van der Waals surface area contributed by atoms with Gasteiger partial charge in [-0.15, -0.1) is 0 Å². The van der Waals surface area contributed by atoms with E-state index in [2.05, 4.69) is 0 Å². The number of benzene rings is 1. The number of nitro benzene ring substituents is 1. The van der Waals surface area contributed by atoms with Crippen LogP contribution in [0.15, 0.2) is 27.4 Å². The Bertz CT molecular complexity index is 761.